The van der Waals surface area contributed by atoms with Crippen molar-refractivity contribution in [3.05, 3.63) is 58.7 Å². The van der Waals surface area contributed by atoms with E-state index < -0.39 is 0 Å². The molecule has 11 heteroatoms. The minimum absolute atomic E-state index is 0.402. The fourth-order valence-corrected chi connectivity index (χ4v) is 5.40. The molecule has 0 fully saturated rings. The molecule has 0 saturated carbocycles. The van der Waals surface area contributed by atoms with Crippen LogP contribution in [0.4, 0.5) is 28.3 Å². The lowest BCUT2D eigenvalue weighted by molar-refractivity contribution is 0.415. The van der Waals surface area contributed by atoms with Crippen molar-refractivity contribution < 1.29 is 4.74 Å². The van der Waals surface area contributed by atoms with Crippen molar-refractivity contribution in [3.8, 4) is 5.75 Å². The maximum absolute atomic E-state index is 6.36. The molecule has 4 aromatic rings. The van der Waals surface area contributed by atoms with Crippen LogP contribution in [0, 0.1) is 0 Å². The number of nitrogen functional groups attached to an aromatic ring is 1. The van der Waals surface area contributed by atoms with E-state index in [2.05, 4.69) is 49.0 Å². The van der Waals surface area contributed by atoms with Gasteiger partial charge < -0.3 is 21.1 Å². The molecule has 0 atom stereocenters. The second-order valence-corrected chi connectivity index (χ2v) is 10.1. The first-order valence-corrected chi connectivity index (χ1v) is 12.2. The zero-order valence-corrected chi connectivity index (χ0v) is 20.0. The van der Waals surface area contributed by atoms with Crippen LogP contribution in [0.5, 0.6) is 5.75 Å². The van der Waals surface area contributed by atoms with Gasteiger partial charge in [-0.25, -0.2) is 4.98 Å². The number of aromatic nitrogens is 4. The number of aryl methyl sites for hydroxylation is 2. The van der Waals surface area contributed by atoms with Crippen LogP contribution < -0.4 is 21.1 Å². The third-order valence-electron chi connectivity index (χ3n) is 5.15. The first-order valence-electron chi connectivity index (χ1n) is 10.2. The van der Waals surface area contributed by atoms with Gasteiger partial charge in [0, 0.05) is 10.6 Å². The second-order valence-electron chi connectivity index (χ2n) is 7.35. The highest BCUT2D eigenvalue weighted by molar-refractivity contribution is 8.01. The number of anilines is 5. The lowest BCUT2D eigenvalue weighted by Crippen LogP contribution is -2.03. The smallest absolute Gasteiger partial charge is 0.229 e. The van der Waals surface area contributed by atoms with Crippen molar-refractivity contribution in [2.45, 2.75) is 28.5 Å². The number of hydrogen-bond donors (Lipinski definition) is 3. The number of methoxy groups -OCH3 is 1. The van der Waals surface area contributed by atoms with Gasteiger partial charge in [0.2, 0.25) is 11.1 Å². The summed E-state index contributed by atoms with van der Waals surface area (Å²) >= 11 is 9.16. The van der Waals surface area contributed by atoms with Crippen molar-refractivity contribution in [3.63, 3.8) is 0 Å². The van der Waals surface area contributed by atoms with Crippen LogP contribution in [-0.4, -0.2) is 27.3 Å². The molecule has 2 aromatic carbocycles. The van der Waals surface area contributed by atoms with Crippen LogP contribution in [0.2, 0.25) is 5.02 Å². The molecule has 4 N–H and O–H groups in total. The minimum Gasteiger partial charge on any atom is -0.495 e. The summed E-state index contributed by atoms with van der Waals surface area (Å²) in [5.41, 5.74) is 10.1. The number of ether oxygens (including phenoxy) is 1. The zero-order valence-electron chi connectivity index (χ0n) is 17.6. The third-order valence-corrected chi connectivity index (χ3v) is 7.22. The average molecular weight is 498 g/mol. The van der Waals surface area contributed by atoms with Gasteiger partial charge in [0.05, 0.1) is 19.0 Å². The highest BCUT2D eigenvalue weighted by Gasteiger charge is 2.14. The Bertz CT molecular complexity index is 1310. The number of hydrogen-bond acceptors (Lipinski definition) is 10. The van der Waals surface area contributed by atoms with Gasteiger partial charge in [0.1, 0.15) is 10.8 Å². The van der Waals surface area contributed by atoms with E-state index in [9.17, 15) is 0 Å². The number of benzene rings is 2. The normalized spacial score (nSPS) is 12.4. The van der Waals surface area contributed by atoms with Crippen LogP contribution >= 0.6 is 34.7 Å². The molecular formula is C22H20ClN7OS2. The first-order chi connectivity index (χ1) is 16.1. The molecule has 0 unspecified atom stereocenters. The number of halogens is 1. The van der Waals surface area contributed by atoms with Crippen LogP contribution in [0.25, 0.3) is 0 Å². The van der Waals surface area contributed by atoms with E-state index in [0.717, 1.165) is 33.5 Å². The number of nitrogens with zero attached hydrogens (tertiary/aromatic N) is 4. The molecule has 8 nitrogen and oxygen atoms in total. The number of fused-ring (bicyclic) bond motifs is 1. The van der Waals surface area contributed by atoms with Crippen molar-refractivity contribution in [1.82, 2.24) is 20.2 Å². The van der Waals surface area contributed by atoms with E-state index in [1.54, 1.807) is 13.3 Å². The van der Waals surface area contributed by atoms with Gasteiger partial charge in [-0.3, -0.25) is 0 Å². The monoisotopic (exact) mass is 497 g/mol. The Balaban J connectivity index is 1.34. The van der Waals surface area contributed by atoms with E-state index in [4.69, 9.17) is 22.1 Å². The lowest BCUT2D eigenvalue weighted by Gasteiger charge is -2.13. The molecule has 5 rings (SSSR count). The summed E-state index contributed by atoms with van der Waals surface area (Å²) in [5, 5.41) is 15.3. The molecule has 0 spiro atoms. The maximum Gasteiger partial charge on any atom is 0.229 e. The Labute approximate surface area is 204 Å². The summed E-state index contributed by atoms with van der Waals surface area (Å²) in [5.74, 6) is 1.58. The summed E-state index contributed by atoms with van der Waals surface area (Å²) in [4.78, 5) is 9.83. The Morgan fingerprint density at radius 1 is 1.09 bits per heavy atom. The summed E-state index contributed by atoms with van der Waals surface area (Å²) in [6.07, 6.45) is 5.03. The summed E-state index contributed by atoms with van der Waals surface area (Å²) in [6.45, 7) is 0. The molecule has 2 aromatic heterocycles. The highest BCUT2D eigenvalue weighted by Crippen LogP contribution is 2.37. The lowest BCUT2D eigenvalue weighted by atomic mass is 10.1. The van der Waals surface area contributed by atoms with Crippen LogP contribution in [0.1, 0.15) is 17.5 Å². The predicted octanol–water partition coefficient (Wildman–Crippen LogP) is 5.70. The van der Waals surface area contributed by atoms with Gasteiger partial charge in [-0.15, -0.1) is 10.2 Å². The minimum atomic E-state index is 0.402. The van der Waals surface area contributed by atoms with Gasteiger partial charge in [-0.1, -0.05) is 40.8 Å². The maximum atomic E-state index is 6.36. The molecule has 0 amide bonds. The van der Waals surface area contributed by atoms with Gasteiger partial charge in [-0.05, 0) is 60.7 Å². The molecule has 1 aliphatic carbocycles. The van der Waals surface area contributed by atoms with Crippen molar-refractivity contribution in [2.24, 2.45) is 0 Å². The standard InChI is InChI=1S/C22H20ClN7OS2/c1-31-18-10-15(32-22-30-29-20(24)33-22)7-8-17(18)27-21-25-11-16(23)19(28-21)26-14-6-5-12-3-2-4-13(12)9-14/h5-11H,2-4H2,1H3,(H2,24,29)(H2,25,26,27,28). The topological polar surface area (TPSA) is 111 Å². The van der Waals surface area contributed by atoms with Crippen LogP contribution in [0.3, 0.4) is 0 Å². The quantitative estimate of drug-likeness (QED) is 0.296. The summed E-state index contributed by atoms with van der Waals surface area (Å²) < 4.78 is 6.33. The second kappa shape index (κ2) is 9.42. The van der Waals surface area contributed by atoms with Crippen molar-refractivity contribution in [1.29, 1.82) is 0 Å². The summed E-state index contributed by atoms with van der Waals surface area (Å²) in [6, 6.07) is 12.1. The van der Waals surface area contributed by atoms with E-state index >= 15 is 0 Å². The van der Waals surface area contributed by atoms with Crippen molar-refractivity contribution in [2.75, 3.05) is 23.5 Å². The Morgan fingerprint density at radius 2 is 1.97 bits per heavy atom. The van der Waals surface area contributed by atoms with Gasteiger partial charge >= 0.3 is 0 Å². The Kier molecular flexibility index (Phi) is 6.21. The molecular weight excluding hydrogens is 478 g/mol. The first kappa shape index (κ1) is 21.7. The van der Waals surface area contributed by atoms with Gasteiger partial charge in [0.15, 0.2) is 10.2 Å². The summed E-state index contributed by atoms with van der Waals surface area (Å²) in [7, 11) is 1.61. The molecule has 1 aliphatic rings. The Morgan fingerprint density at radius 3 is 2.79 bits per heavy atom. The van der Waals surface area contributed by atoms with Gasteiger partial charge in [0.25, 0.3) is 0 Å². The van der Waals surface area contributed by atoms with Gasteiger partial charge in [-0.2, -0.15) is 4.98 Å². The molecule has 33 heavy (non-hydrogen) atoms. The number of nitrogens with two attached hydrogens (primary N) is 1. The van der Waals surface area contributed by atoms with Crippen LogP contribution in [0.15, 0.2) is 51.8 Å². The fraction of sp³-hybridized carbons (Fsp3) is 0.182. The zero-order chi connectivity index (χ0) is 22.8. The third kappa shape index (κ3) is 4.97. The Hall–Kier alpha value is -3.08. The molecule has 0 saturated heterocycles. The van der Waals surface area contributed by atoms with Crippen LogP contribution in [-0.2, 0) is 12.8 Å². The predicted molar refractivity (Wildman–Crippen MR) is 134 cm³/mol. The molecule has 0 bridgehead atoms. The fourth-order valence-electron chi connectivity index (χ4n) is 3.62. The van der Waals surface area contributed by atoms with Crippen molar-refractivity contribution >= 4 is 63.0 Å². The SMILES string of the molecule is COc1cc(Sc2nnc(N)s2)ccc1Nc1ncc(Cl)c(Nc2ccc3c(c2)CCC3)n1. The van der Waals surface area contributed by atoms with E-state index in [0.29, 0.717) is 27.7 Å². The average Bonchev–Trinajstić information content (AvgIpc) is 3.45. The number of rotatable bonds is 7. The van der Waals surface area contributed by atoms with E-state index in [1.807, 2.05) is 18.2 Å². The largest absolute Gasteiger partial charge is 0.495 e. The molecule has 168 valence electrons. The molecule has 0 aliphatic heterocycles. The highest BCUT2D eigenvalue weighted by atomic mass is 35.5. The van der Waals surface area contributed by atoms with E-state index in [1.165, 1.54) is 40.6 Å². The molecule has 2 heterocycles. The molecule has 0 radical (unpaired) electrons. The number of nitrogens with one attached hydrogen (secondary N) is 2. The van der Waals surface area contributed by atoms with E-state index in [-0.39, 0.29) is 0 Å².